The van der Waals surface area contributed by atoms with Crippen molar-refractivity contribution in [3.05, 3.63) is 59.3 Å². The van der Waals surface area contributed by atoms with Crippen molar-refractivity contribution in [3.63, 3.8) is 0 Å². The summed E-state index contributed by atoms with van der Waals surface area (Å²) in [6.45, 7) is 4.39. The van der Waals surface area contributed by atoms with Gasteiger partial charge in [-0.05, 0) is 25.5 Å². The summed E-state index contributed by atoms with van der Waals surface area (Å²) in [7, 11) is 0. The molecule has 0 aliphatic carbocycles. The second kappa shape index (κ2) is 5.65. The average Bonchev–Trinajstić information content (AvgIpc) is 2.40. The van der Waals surface area contributed by atoms with Crippen molar-refractivity contribution in [1.29, 1.82) is 0 Å². The molecule has 0 fully saturated rings. The monoisotopic (exact) mass is 243 g/mol. The summed E-state index contributed by atoms with van der Waals surface area (Å²) in [4.78, 5) is 4.33. The first-order valence-electron chi connectivity index (χ1n) is 6.05. The van der Waals surface area contributed by atoms with Crippen LogP contribution in [0, 0.1) is 6.92 Å². The Morgan fingerprint density at radius 3 is 2.50 bits per heavy atom. The van der Waals surface area contributed by atoms with E-state index in [4.69, 9.17) is 4.74 Å². The van der Waals surface area contributed by atoms with E-state index in [0.717, 1.165) is 16.8 Å². The zero-order valence-electron chi connectivity index (χ0n) is 10.6. The third-order valence-electron chi connectivity index (χ3n) is 2.80. The van der Waals surface area contributed by atoms with Crippen LogP contribution in [-0.4, -0.2) is 16.7 Å². The Morgan fingerprint density at radius 2 is 1.89 bits per heavy atom. The highest BCUT2D eigenvalue weighted by molar-refractivity contribution is 5.34. The van der Waals surface area contributed by atoms with Crippen molar-refractivity contribution in [3.8, 4) is 5.88 Å². The highest BCUT2D eigenvalue weighted by Crippen LogP contribution is 2.25. The van der Waals surface area contributed by atoms with Gasteiger partial charge in [0.1, 0.15) is 6.10 Å². The Bertz CT molecular complexity index is 511. The van der Waals surface area contributed by atoms with Gasteiger partial charge in [-0.1, -0.05) is 30.3 Å². The summed E-state index contributed by atoms with van der Waals surface area (Å²) in [5.74, 6) is 0.596. The molecule has 0 unspecified atom stereocenters. The highest BCUT2D eigenvalue weighted by Gasteiger charge is 2.13. The van der Waals surface area contributed by atoms with Crippen molar-refractivity contribution in [2.75, 3.05) is 6.61 Å². The van der Waals surface area contributed by atoms with E-state index in [0.29, 0.717) is 12.5 Å². The number of aliphatic hydroxyl groups is 1. The van der Waals surface area contributed by atoms with Gasteiger partial charge in [0.25, 0.3) is 0 Å². The number of rotatable bonds is 4. The molecule has 0 saturated carbocycles. The number of ether oxygens (including phenoxy) is 1. The summed E-state index contributed by atoms with van der Waals surface area (Å²) < 4.78 is 5.33. The zero-order chi connectivity index (χ0) is 13.0. The second-order valence-electron chi connectivity index (χ2n) is 4.07. The van der Waals surface area contributed by atoms with E-state index in [-0.39, 0.29) is 0 Å². The third-order valence-corrected chi connectivity index (χ3v) is 2.80. The van der Waals surface area contributed by atoms with Gasteiger partial charge in [-0.15, -0.1) is 0 Å². The minimum atomic E-state index is -0.644. The van der Waals surface area contributed by atoms with Crippen LogP contribution in [0.15, 0.2) is 42.5 Å². The van der Waals surface area contributed by atoms with Crippen LogP contribution in [0.2, 0.25) is 0 Å². The first kappa shape index (κ1) is 12.6. The second-order valence-corrected chi connectivity index (χ2v) is 4.07. The molecule has 1 atom stereocenters. The maximum Gasteiger partial charge on any atom is 0.213 e. The topological polar surface area (TPSA) is 42.4 Å². The Kier molecular flexibility index (Phi) is 3.95. The lowest BCUT2D eigenvalue weighted by Crippen LogP contribution is -2.04. The maximum absolute atomic E-state index is 10.3. The van der Waals surface area contributed by atoms with E-state index in [1.54, 1.807) is 6.07 Å². The normalized spacial score (nSPS) is 12.2. The van der Waals surface area contributed by atoms with E-state index in [9.17, 15) is 5.11 Å². The lowest BCUT2D eigenvalue weighted by atomic mass is 10.0. The lowest BCUT2D eigenvalue weighted by Gasteiger charge is -2.14. The number of hydrogen-bond acceptors (Lipinski definition) is 3. The van der Waals surface area contributed by atoms with Crippen LogP contribution in [0.25, 0.3) is 0 Å². The van der Waals surface area contributed by atoms with Crippen LogP contribution in [0.3, 0.4) is 0 Å². The fourth-order valence-corrected chi connectivity index (χ4v) is 1.88. The van der Waals surface area contributed by atoms with Crippen molar-refractivity contribution in [2.24, 2.45) is 0 Å². The first-order valence-corrected chi connectivity index (χ1v) is 6.05. The number of hydrogen-bond donors (Lipinski definition) is 1. The number of pyridine rings is 1. The molecule has 3 heteroatoms. The molecule has 18 heavy (non-hydrogen) atoms. The quantitative estimate of drug-likeness (QED) is 0.897. The number of aliphatic hydroxyl groups excluding tert-OH is 1. The van der Waals surface area contributed by atoms with Gasteiger partial charge in [-0.2, -0.15) is 0 Å². The molecule has 0 bridgehead atoms. The molecule has 1 N–H and O–H groups in total. The van der Waals surface area contributed by atoms with Crippen LogP contribution in [-0.2, 0) is 0 Å². The van der Waals surface area contributed by atoms with E-state index >= 15 is 0 Å². The van der Waals surface area contributed by atoms with Gasteiger partial charge in [0.15, 0.2) is 0 Å². The minimum Gasteiger partial charge on any atom is -0.478 e. The van der Waals surface area contributed by atoms with Crippen molar-refractivity contribution < 1.29 is 9.84 Å². The summed E-state index contributed by atoms with van der Waals surface area (Å²) in [5, 5.41) is 10.3. The number of benzene rings is 1. The van der Waals surface area contributed by atoms with Gasteiger partial charge in [0.05, 0.1) is 6.61 Å². The van der Waals surface area contributed by atoms with Crippen LogP contribution < -0.4 is 4.74 Å². The molecule has 0 saturated heterocycles. The Morgan fingerprint density at radius 1 is 1.17 bits per heavy atom. The molecular formula is C15H17NO2. The summed E-state index contributed by atoms with van der Waals surface area (Å²) in [6.07, 6.45) is -0.644. The summed E-state index contributed by atoms with van der Waals surface area (Å²) >= 11 is 0. The van der Waals surface area contributed by atoms with E-state index < -0.39 is 6.10 Å². The predicted octanol–water partition coefficient (Wildman–Crippen LogP) is 2.87. The molecule has 1 aromatic carbocycles. The lowest BCUT2D eigenvalue weighted by molar-refractivity contribution is 0.218. The van der Waals surface area contributed by atoms with E-state index in [1.807, 2.05) is 50.2 Å². The molecule has 0 aliphatic rings. The van der Waals surface area contributed by atoms with Crippen molar-refractivity contribution in [2.45, 2.75) is 20.0 Å². The first-order chi connectivity index (χ1) is 8.72. The molecule has 2 rings (SSSR count). The van der Waals surface area contributed by atoms with Crippen LogP contribution in [0.4, 0.5) is 0 Å². The molecule has 1 aromatic heterocycles. The molecule has 0 amide bonds. The van der Waals surface area contributed by atoms with Gasteiger partial charge in [-0.25, -0.2) is 4.98 Å². The van der Waals surface area contributed by atoms with Gasteiger partial charge in [0, 0.05) is 17.3 Å². The molecule has 94 valence electrons. The van der Waals surface area contributed by atoms with Gasteiger partial charge in [0.2, 0.25) is 5.88 Å². The molecule has 2 aromatic rings. The molecule has 0 spiro atoms. The number of aryl methyl sites for hydroxylation is 1. The molecular weight excluding hydrogens is 226 g/mol. The van der Waals surface area contributed by atoms with E-state index in [1.165, 1.54) is 0 Å². The zero-order valence-corrected chi connectivity index (χ0v) is 10.6. The SMILES string of the molecule is CCOc1ccc([C@@H](O)c2ccccc2)c(C)n1. The predicted molar refractivity (Wildman–Crippen MR) is 70.6 cm³/mol. The smallest absolute Gasteiger partial charge is 0.213 e. The summed E-state index contributed by atoms with van der Waals surface area (Å²) in [5.41, 5.74) is 2.47. The van der Waals surface area contributed by atoms with Gasteiger partial charge in [-0.3, -0.25) is 0 Å². The number of aromatic nitrogens is 1. The average molecular weight is 243 g/mol. The number of nitrogens with zero attached hydrogens (tertiary/aromatic N) is 1. The molecule has 0 radical (unpaired) electrons. The van der Waals surface area contributed by atoms with Crippen molar-refractivity contribution in [1.82, 2.24) is 4.98 Å². The third kappa shape index (κ3) is 2.68. The highest BCUT2D eigenvalue weighted by atomic mass is 16.5. The molecule has 1 heterocycles. The molecule has 0 aliphatic heterocycles. The Labute approximate surface area is 107 Å². The van der Waals surface area contributed by atoms with Crippen molar-refractivity contribution >= 4 is 0 Å². The Hall–Kier alpha value is -1.87. The minimum absolute atomic E-state index is 0.590. The summed E-state index contributed by atoms with van der Waals surface area (Å²) in [6, 6.07) is 13.2. The largest absolute Gasteiger partial charge is 0.478 e. The van der Waals surface area contributed by atoms with Crippen LogP contribution in [0.1, 0.15) is 29.8 Å². The standard InChI is InChI=1S/C15H17NO2/c1-3-18-14-10-9-13(11(2)16-14)15(17)12-7-5-4-6-8-12/h4-10,15,17H,3H2,1-2H3/t15-/m0/s1. The van der Waals surface area contributed by atoms with Gasteiger partial charge >= 0.3 is 0 Å². The van der Waals surface area contributed by atoms with Crippen LogP contribution in [0.5, 0.6) is 5.88 Å². The fourth-order valence-electron chi connectivity index (χ4n) is 1.88. The molecule has 3 nitrogen and oxygen atoms in total. The van der Waals surface area contributed by atoms with Crippen LogP contribution >= 0.6 is 0 Å². The van der Waals surface area contributed by atoms with Gasteiger partial charge < -0.3 is 9.84 Å². The fraction of sp³-hybridized carbons (Fsp3) is 0.267. The van der Waals surface area contributed by atoms with E-state index in [2.05, 4.69) is 4.98 Å². The Balaban J connectivity index is 2.28. The maximum atomic E-state index is 10.3.